The first kappa shape index (κ1) is 15.1. The molecule has 9 heteroatoms. The second kappa shape index (κ2) is 6.28. The van der Waals surface area contributed by atoms with Crippen LogP contribution in [-0.2, 0) is 14.6 Å². The number of carbonyl (C=O) groups is 2. The summed E-state index contributed by atoms with van der Waals surface area (Å²) in [4.78, 5) is 23.7. The standard InChI is InChI=1S/C9H16N2O5S2/c1-2-18(15,16)4-3-10-9(14)11-6-17-5-7(11)8(12)13/h7H,2-6H2,1H3,(H,10,14)(H,12,13)/t7-/m0/s1. The minimum Gasteiger partial charge on any atom is -0.480 e. The van der Waals surface area contributed by atoms with Gasteiger partial charge in [-0.05, 0) is 0 Å². The Morgan fingerprint density at radius 1 is 1.50 bits per heavy atom. The molecule has 104 valence electrons. The summed E-state index contributed by atoms with van der Waals surface area (Å²) in [6.07, 6.45) is 0. The number of aliphatic carboxylic acids is 1. The molecule has 1 atom stereocenters. The van der Waals surface area contributed by atoms with Gasteiger partial charge in [0, 0.05) is 18.1 Å². The van der Waals surface area contributed by atoms with Gasteiger partial charge < -0.3 is 15.3 Å². The lowest BCUT2D eigenvalue weighted by Crippen LogP contribution is -2.47. The number of carbonyl (C=O) groups excluding carboxylic acids is 1. The van der Waals surface area contributed by atoms with Gasteiger partial charge in [0.05, 0.1) is 11.6 Å². The third-order valence-electron chi connectivity index (χ3n) is 2.56. The van der Waals surface area contributed by atoms with E-state index in [-0.39, 0.29) is 18.1 Å². The minimum atomic E-state index is -3.12. The normalized spacial score (nSPS) is 19.8. The Kier molecular flexibility index (Phi) is 5.27. The number of carboxylic acid groups (broad SMARTS) is 1. The van der Waals surface area contributed by atoms with Gasteiger partial charge in [-0.25, -0.2) is 18.0 Å². The van der Waals surface area contributed by atoms with Crippen LogP contribution in [0, 0.1) is 0 Å². The van der Waals surface area contributed by atoms with Crippen LogP contribution in [0.3, 0.4) is 0 Å². The van der Waals surface area contributed by atoms with Crippen LogP contribution in [0.1, 0.15) is 6.92 Å². The molecule has 0 bridgehead atoms. The lowest BCUT2D eigenvalue weighted by molar-refractivity contribution is -0.140. The number of rotatable bonds is 5. The van der Waals surface area contributed by atoms with E-state index in [9.17, 15) is 18.0 Å². The van der Waals surface area contributed by atoms with Gasteiger partial charge in [-0.15, -0.1) is 11.8 Å². The lowest BCUT2D eigenvalue weighted by Gasteiger charge is -2.20. The van der Waals surface area contributed by atoms with Gasteiger partial charge in [-0.2, -0.15) is 0 Å². The van der Waals surface area contributed by atoms with E-state index < -0.39 is 27.9 Å². The molecule has 1 aliphatic rings. The monoisotopic (exact) mass is 296 g/mol. The fourth-order valence-electron chi connectivity index (χ4n) is 1.41. The summed E-state index contributed by atoms with van der Waals surface area (Å²) in [5.41, 5.74) is 0. The average molecular weight is 296 g/mol. The predicted molar refractivity (Wildman–Crippen MR) is 68.3 cm³/mol. The number of nitrogens with one attached hydrogen (secondary N) is 1. The summed E-state index contributed by atoms with van der Waals surface area (Å²) in [7, 11) is -3.12. The number of thioether (sulfide) groups is 1. The molecular formula is C9H16N2O5S2. The fourth-order valence-corrected chi connectivity index (χ4v) is 3.25. The van der Waals surface area contributed by atoms with Crippen LogP contribution in [0.4, 0.5) is 4.79 Å². The number of urea groups is 1. The quantitative estimate of drug-likeness (QED) is 0.715. The van der Waals surface area contributed by atoms with Crippen molar-refractivity contribution in [2.24, 2.45) is 0 Å². The number of carboxylic acids is 1. The Bertz CT molecular complexity index is 423. The number of nitrogens with zero attached hydrogens (tertiary/aromatic N) is 1. The number of sulfone groups is 1. The maximum absolute atomic E-state index is 11.7. The van der Waals surface area contributed by atoms with Crippen LogP contribution >= 0.6 is 11.8 Å². The van der Waals surface area contributed by atoms with E-state index >= 15 is 0 Å². The van der Waals surface area contributed by atoms with Gasteiger partial charge in [0.2, 0.25) is 0 Å². The van der Waals surface area contributed by atoms with Crippen molar-refractivity contribution in [3.63, 3.8) is 0 Å². The summed E-state index contributed by atoms with van der Waals surface area (Å²) in [5, 5.41) is 11.3. The van der Waals surface area contributed by atoms with Gasteiger partial charge in [-0.3, -0.25) is 0 Å². The van der Waals surface area contributed by atoms with Crippen molar-refractivity contribution in [2.45, 2.75) is 13.0 Å². The van der Waals surface area contributed by atoms with E-state index in [1.54, 1.807) is 0 Å². The second-order valence-electron chi connectivity index (χ2n) is 3.79. The first-order valence-electron chi connectivity index (χ1n) is 5.43. The highest BCUT2D eigenvalue weighted by Crippen LogP contribution is 2.20. The van der Waals surface area contributed by atoms with Crippen molar-refractivity contribution in [2.75, 3.05) is 29.7 Å². The van der Waals surface area contributed by atoms with E-state index in [0.717, 1.165) is 0 Å². The number of hydrogen-bond acceptors (Lipinski definition) is 5. The zero-order chi connectivity index (χ0) is 13.8. The topological polar surface area (TPSA) is 104 Å². The van der Waals surface area contributed by atoms with Crippen molar-refractivity contribution in [1.82, 2.24) is 10.2 Å². The van der Waals surface area contributed by atoms with E-state index in [1.165, 1.54) is 23.6 Å². The van der Waals surface area contributed by atoms with Crippen molar-refractivity contribution in [3.8, 4) is 0 Å². The van der Waals surface area contributed by atoms with Crippen molar-refractivity contribution < 1.29 is 23.1 Å². The number of amides is 2. The maximum atomic E-state index is 11.7. The molecule has 1 heterocycles. The van der Waals surface area contributed by atoms with Crippen molar-refractivity contribution >= 4 is 33.6 Å². The first-order valence-corrected chi connectivity index (χ1v) is 8.40. The van der Waals surface area contributed by atoms with Crippen LogP contribution < -0.4 is 5.32 Å². The molecule has 0 aromatic rings. The van der Waals surface area contributed by atoms with E-state index in [2.05, 4.69) is 5.32 Å². The predicted octanol–water partition coefficient (Wildman–Crippen LogP) is -0.410. The third kappa shape index (κ3) is 4.05. The smallest absolute Gasteiger partial charge is 0.327 e. The maximum Gasteiger partial charge on any atom is 0.327 e. The highest BCUT2D eigenvalue weighted by Gasteiger charge is 2.34. The summed E-state index contributed by atoms with van der Waals surface area (Å²) in [6.45, 7) is 1.54. The van der Waals surface area contributed by atoms with E-state index in [0.29, 0.717) is 11.6 Å². The molecular weight excluding hydrogens is 280 g/mol. The molecule has 0 spiro atoms. The Morgan fingerprint density at radius 2 is 2.17 bits per heavy atom. The Hall–Kier alpha value is -0.960. The molecule has 0 unspecified atom stereocenters. The Labute approximate surface area is 110 Å². The van der Waals surface area contributed by atoms with Gasteiger partial charge in [0.25, 0.3) is 0 Å². The largest absolute Gasteiger partial charge is 0.480 e. The van der Waals surface area contributed by atoms with Gasteiger partial charge in [0.1, 0.15) is 6.04 Å². The van der Waals surface area contributed by atoms with Crippen LogP contribution in [0.2, 0.25) is 0 Å². The Balaban J connectivity index is 2.44. The molecule has 1 aliphatic heterocycles. The van der Waals surface area contributed by atoms with Gasteiger partial charge >= 0.3 is 12.0 Å². The zero-order valence-electron chi connectivity index (χ0n) is 9.96. The minimum absolute atomic E-state index is 0.00249. The molecule has 1 rings (SSSR count). The summed E-state index contributed by atoms with van der Waals surface area (Å²) in [5.74, 6) is -0.482. The summed E-state index contributed by atoms with van der Waals surface area (Å²) < 4.78 is 22.4. The molecule has 0 radical (unpaired) electrons. The van der Waals surface area contributed by atoms with Gasteiger partial charge in [-0.1, -0.05) is 6.92 Å². The van der Waals surface area contributed by atoms with Gasteiger partial charge in [0.15, 0.2) is 9.84 Å². The molecule has 7 nitrogen and oxygen atoms in total. The molecule has 0 aliphatic carbocycles. The third-order valence-corrected chi connectivity index (χ3v) is 5.28. The highest BCUT2D eigenvalue weighted by atomic mass is 32.2. The summed E-state index contributed by atoms with van der Waals surface area (Å²) >= 11 is 1.36. The average Bonchev–Trinajstić information content (AvgIpc) is 2.77. The zero-order valence-corrected chi connectivity index (χ0v) is 11.6. The number of hydrogen-bond donors (Lipinski definition) is 2. The fraction of sp³-hybridized carbons (Fsp3) is 0.778. The summed E-state index contributed by atoms with van der Waals surface area (Å²) in [6, 6.07) is -1.36. The lowest BCUT2D eigenvalue weighted by atomic mass is 10.3. The van der Waals surface area contributed by atoms with Crippen LogP contribution in [0.25, 0.3) is 0 Å². The molecule has 1 fully saturated rings. The van der Waals surface area contributed by atoms with Crippen LogP contribution in [0.5, 0.6) is 0 Å². The van der Waals surface area contributed by atoms with E-state index in [4.69, 9.17) is 5.11 Å². The van der Waals surface area contributed by atoms with Crippen LogP contribution in [0.15, 0.2) is 0 Å². The molecule has 0 aromatic carbocycles. The molecule has 0 aromatic heterocycles. The molecule has 1 saturated heterocycles. The molecule has 0 saturated carbocycles. The molecule has 18 heavy (non-hydrogen) atoms. The SMILES string of the molecule is CCS(=O)(=O)CCNC(=O)N1CSC[C@H]1C(=O)O. The Morgan fingerprint density at radius 3 is 2.72 bits per heavy atom. The first-order chi connectivity index (χ1) is 8.37. The van der Waals surface area contributed by atoms with Crippen LogP contribution in [-0.4, -0.2) is 66.1 Å². The molecule has 2 amide bonds. The van der Waals surface area contributed by atoms with Crippen molar-refractivity contribution in [3.05, 3.63) is 0 Å². The second-order valence-corrected chi connectivity index (χ2v) is 7.26. The highest BCUT2D eigenvalue weighted by molar-refractivity contribution is 7.99. The van der Waals surface area contributed by atoms with E-state index in [1.807, 2.05) is 0 Å². The van der Waals surface area contributed by atoms with Crippen molar-refractivity contribution in [1.29, 1.82) is 0 Å². The molecule has 2 N–H and O–H groups in total.